The lowest BCUT2D eigenvalue weighted by Crippen LogP contribution is -2.22. The molecule has 0 aliphatic carbocycles. The predicted octanol–water partition coefficient (Wildman–Crippen LogP) is 5.68. The second kappa shape index (κ2) is 6.88. The number of benzene rings is 4. The van der Waals surface area contributed by atoms with Crippen LogP contribution in [0, 0.1) is 0 Å². The van der Waals surface area contributed by atoms with E-state index in [-0.39, 0.29) is 11.7 Å². The molecule has 0 amide bonds. The molecule has 4 aromatic rings. The summed E-state index contributed by atoms with van der Waals surface area (Å²) >= 11 is 3.43. The van der Waals surface area contributed by atoms with E-state index in [2.05, 4.69) is 81.1 Å². The Morgan fingerprint density at radius 3 is 2.14 bits per heavy atom. The molecule has 1 aliphatic heterocycles. The number of nitrogens with one attached hydrogen (secondary N) is 1. The Bertz CT molecular complexity index is 1190. The molecule has 5 rings (SSSR count). The lowest BCUT2D eigenvalue weighted by Gasteiger charge is -2.18. The molecule has 1 unspecified atom stereocenters. The van der Waals surface area contributed by atoms with Gasteiger partial charge in [-0.05, 0) is 57.4 Å². The van der Waals surface area contributed by atoms with Crippen LogP contribution in [0.5, 0.6) is 0 Å². The Labute approximate surface area is 171 Å². The molecule has 1 atom stereocenters. The van der Waals surface area contributed by atoms with Gasteiger partial charge in [0.15, 0.2) is 0 Å². The molecule has 28 heavy (non-hydrogen) atoms. The zero-order valence-electron chi connectivity index (χ0n) is 15.0. The number of hydrazone groups is 1. The van der Waals surface area contributed by atoms with Crippen molar-refractivity contribution in [2.75, 3.05) is 6.54 Å². The molecule has 1 heterocycles. The Hall–Kier alpha value is -2.98. The van der Waals surface area contributed by atoms with Gasteiger partial charge >= 0.3 is 0 Å². The van der Waals surface area contributed by atoms with E-state index in [1.165, 1.54) is 27.1 Å². The first-order valence-electron chi connectivity index (χ1n) is 9.23. The number of rotatable bonds is 3. The van der Waals surface area contributed by atoms with E-state index >= 15 is 0 Å². The first-order valence-corrected chi connectivity index (χ1v) is 10.0. The molecule has 4 aromatic carbocycles. The standard InChI is InChI=1S/C24H17BrN2O/c25-18-11-9-15(10-12-18)24(28)23-21(14-26-27-23)22-19-7-3-1-5-16(19)13-17-6-2-4-8-20(17)22/h1-13,21,26H,14H2. The fraction of sp³-hybridized carbons (Fsp3) is 0.0833. The minimum absolute atomic E-state index is 0.0282. The molecule has 136 valence electrons. The first-order chi connectivity index (χ1) is 13.7. The summed E-state index contributed by atoms with van der Waals surface area (Å²) in [5.74, 6) is -0.119. The van der Waals surface area contributed by atoms with Crippen LogP contribution in [-0.4, -0.2) is 18.0 Å². The molecule has 0 saturated carbocycles. The summed E-state index contributed by atoms with van der Waals surface area (Å²) in [4.78, 5) is 13.2. The minimum atomic E-state index is -0.0906. The van der Waals surface area contributed by atoms with Gasteiger partial charge < -0.3 is 5.43 Å². The van der Waals surface area contributed by atoms with Crippen molar-refractivity contribution in [3.05, 3.63) is 94.5 Å². The summed E-state index contributed by atoms with van der Waals surface area (Å²) in [5, 5.41) is 9.11. The number of hydrogen-bond acceptors (Lipinski definition) is 3. The van der Waals surface area contributed by atoms with E-state index in [0.29, 0.717) is 17.8 Å². The molecule has 1 aliphatic rings. The van der Waals surface area contributed by atoms with Crippen LogP contribution in [0.25, 0.3) is 21.5 Å². The van der Waals surface area contributed by atoms with Crippen LogP contribution in [0.4, 0.5) is 0 Å². The summed E-state index contributed by atoms with van der Waals surface area (Å²) < 4.78 is 0.951. The second-order valence-electron chi connectivity index (χ2n) is 6.98. The molecule has 1 N–H and O–H groups in total. The van der Waals surface area contributed by atoms with E-state index in [1.807, 2.05) is 24.3 Å². The third-order valence-corrected chi connectivity index (χ3v) is 5.85. The maximum absolute atomic E-state index is 13.2. The summed E-state index contributed by atoms with van der Waals surface area (Å²) in [6.45, 7) is 0.621. The highest BCUT2D eigenvalue weighted by Gasteiger charge is 2.31. The van der Waals surface area contributed by atoms with E-state index < -0.39 is 0 Å². The SMILES string of the molecule is O=C(C1=NNCC1c1c2ccccc2cc2ccccc12)c1ccc(Br)cc1. The van der Waals surface area contributed by atoms with Crippen LogP contribution in [0.1, 0.15) is 21.8 Å². The van der Waals surface area contributed by atoms with Crippen LogP contribution in [0.2, 0.25) is 0 Å². The molecule has 4 heteroatoms. The van der Waals surface area contributed by atoms with Gasteiger partial charge in [-0.2, -0.15) is 5.10 Å². The lowest BCUT2D eigenvalue weighted by molar-refractivity contribution is 0.106. The van der Waals surface area contributed by atoms with Crippen molar-refractivity contribution in [3.8, 4) is 0 Å². The molecular formula is C24H17BrN2O. The molecule has 0 saturated heterocycles. The highest BCUT2D eigenvalue weighted by Crippen LogP contribution is 2.36. The Morgan fingerprint density at radius 2 is 1.50 bits per heavy atom. The fourth-order valence-electron chi connectivity index (χ4n) is 4.02. The monoisotopic (exact) mass is 428 g/mol. The van der Waals surface area contributed by atoms with E-state index in [4.69, 9.17) is 0 Å². The van der Waals surface area contributed by atoms with Gasteiger partial charge in [0.25, 0.3) is 0 Å². The zero-order chi connectivity index (χ0) is 19.1. The zero-order valence-corrected chi connectivity index (χ0v) is 16.6. The summed E-state index contributed by atoms with van der Waals surface area (Å²) in [6, 6.07) is 26.4. The number of ketones is 1. The van der Waals surface area contributed by atoms with Crippen molar-refractivity contribution in [2.24, 2.45) is 5.10 Å². The molecule has 0 aromatic heterocycles. The number of nitrogens with zero attached hydrogens (tertiary/aromatic N) is 1. The van der Waals surface area contributed by atoms with Crippen molar-refractivity contribution in [1.29, 1.82) is 0 Å². The van der Waals surface area contributed by atoms with Gasteiger partial charge in [0.1, 0.15) is 5.71 Å². The van der Waals surface area contributed by atoms with E-state index in [1.54, 1.807) is 0 Å². The quantitative estimate of drug-likeness (QED) is 0.336. The lowest BCUT2D eigenvalue weighted by atomic mass is 9.84. The number of hydrogen-bond donors (Lipinski definition) is 1. The third-order valence-electron chi connectivity index (χ3n) is 5.33. The number of fused-ring (bicyclic) bond motifs is 2. The largest absolute Gasteiger partial charge is 0.309 e. The van der Waals surface area contributed by atoms with Crippen LogP contribution in [-0.2, 0) is 0 Å². The van der Waals surface area contributed by atoms with Crippen molar-refractivity contribution in [2.45, 2.75) is 5.92 Å². The van der Waals surface area contributed by atoms with Gasteiger partial charge in [0.2, 0.25) is 5.78 Å². The average Bonchev–Trinajstić information content (AvgIpc) is 3.21. The van der Waals surface area contributed by atoms with Gasteiger partial charge in [-0.25, -0.2) is 0 Å². The van der Waals surface area contributed by atoms with Crippen LogP contribution >= 0.6 is 15.9 Å². The van der Waals surface area contributed by atoms with E-state index in [0.717, 1.165) is 4.47 Å². The highest BCUT2D eigenvalue weighted by molar-refractivity contribution is 9.10. The van der Waals surface area contributed by atoms with Gasteiger partial charge in [0, 0.05) is 16.6 Å². The van der Waals surface area contributed by atoms with Gasteiger partial charge in [-0.1, -0.05) is 64.5 Å². The van der Waals surface area contributed by atoms with Gasteiger partial charge in [-0.3, -0.25) is 4.79 Å². The average molecular weight is 429 g/mol. The van der Waals surface area contributed by atoms with Crippen LogP contribution in [0.3, 0.4) is 0 Å². The van der Waals surface area contributed by atoms with Crippen molar-refractivity contribution >= 4 is 49.0 Å². The predicted molar refractivity (Wildman–Crippen MR) is 118 cm³/mol. The number of carbonyl (C=O) groups excluding carboxylic acids is 1. The summed E-state index contributed by atoms with van der Waals surface area (Å²) in [5.41, 5.74) is 5.47. The van der Waals surface area contributed by atoms with Gasteiger partial charge in [0.05, 0.1) is 5.92 Å². The molecule has 0 bridgehead atoms. The normalized spacial score (nSPS) is 16.2. The number of carbonyl (C=O) groups is 1. The van der Waals surface area contributed by atoms with E-state index in [9.17, 15) is 4.79 Å². The maximum Gasteiger partial charge on any atom is 0.209 e. The van der Waals surface area contributed by atoms with Gasteiger partial charge in [-0.15, -0.1) is 0 Å². The Morgan fingerprint density at radius 1 is 0.893 bits per heavy atom. The minimum Gasteiger partial charge on any atom is -0.309 e. The summed E-state index contributed by atoms with van der Waals surface area (Å²) in [7, 11) is 0. The third kappa shape index (κ3) is 2.81. The Kier molecular flexibility index (Phi) is 4.21. The van der Waals surface area contributed by atoms with Crippen molar-refractivity contribution in [3.63, 3.8) is 0 Å². The number of halogens is 1. The number of Topliss-reactive ketones (excluding diaryl/α,β-unsaturated/α-hetero) is 1. The molecular weight excluding hydrogens is 412 g/mol. The smallest absolute Gasteiger partial charge is 0.209 e. The summed E-state index contributed by atoms with van der Waals surface area (Å²) in [6.07, 6.45) is 0. The fourth-order valence-corrected chi connectivity index (χ4v) is 4.28. The highest BCUT2D eigenvalue weighted by atomic mass is 79.9. The Balaban J connectivity index is 1.69. The molecule has 0 fully saturated rings. The molecule has 0 spiro atoms. The first kappa shape index (κ1) is 17.1. The van der Waals surface area contributed by atoms with Crippen LogP contribution < -0.4 is 5.43 Å². The topological polar surface area (TPSA) is 41.5 Å². The van der Waals surface area contributed by atoms with Crippen LogP contribution in [0.15, 0.2) is 88.4 Å². The van der Waals surface area contributed by atoms with Crippen molar-refractivity contribution < 1.29 is 4.79 Å². The molecule has 3 nitrogen and oxygen atoms in total. The maximum atomic E-state index is 13.2. The van der Waals surface area contributed by atoms with Crippen molar-refractivity contribution in [1.82, 2.24) is 5.43 Å². The molecule has 0 radical (unpaired) electrons. The second-order valence-corrected chi connectivity index (χ2v) is 7.90.